The Hall–Kier alpha value is -1.29. The normalized spacial score (nSPS) is 18.6. The molecule has 0 aliphatic carbocycles. The van der Waals surface area contributed by atoms with E-state index < -0.39 is 0 Å². The summed E-state index contributed by atoms with van der Waals surface area (Å²) < 4.78 is 5.57. The van der Waals surface area contributed by atoms with Crippen LogP contribution in [0.15, 0.2) is 24.3 Å². The van der Waals surface area contributed by atoms with Gasteiger partial charge < -0.3 is 15.4 Å². The second-order valence-corrected chi connectivity index (χ2v) is 3.86. The second-order valence-electron chi connectivity index (χ2n) is 3.45. The molecular weight excluding hydrogens is 208 g/mol. The molecule has 3 nitrogen and oxygen atoms in total. The van der Waals surface area contributed by atoms with Gasteiger partial charge in [-0.25, -0.2) is 0 Å². The molecule has 0 amide bonds. The fraction of sp³-hybridized carbons (Fsp3) is 0.364. The van der Waals surface area contributed by atoms with Gasteiger partial charge in [0, 0.05) is 19.0 Å². The van der Waals surface area contributed by atoms with E-state index in [2.05, 4.69) is 16.7 Å². The molecule has 0 bridgehead atoms. The van der Waals surface area contributed by atoms with Crippen LogP contribution < -0.4 is 15.4 Å². The number of benzene rings is 1. The molecule has 1 aliphatic heterocycles. The first-order valence-corrected chi connectivity index (χ1v) is 5.42. The zero-order valence-electron chi connectivity index (χ0n) is 8.62. The zero-order chi connectivity index (χ0) is 10.7. The Morgan fingerprint density at radius 3 is 3.07 bits per heavy atom. The van der Waals surface area contributed by atoms with Gasteiger partial charge in [0.2, 0.25) is 0 Å². The van der Waals surface area contributed by atoms with Gasteiger partial charge in [0.1, 0.15) is 5.75 Å². The highest BCUT2D eigenvalue weighted by atomic mass is 32.1. The number of ether oxygens (including phenoxy) is 1. The van der Waals surface area contributed by atoms with Crippen molar-refractivity contribution in [1.82, 2.24) is 10.6 Å². The molecule has 1 heterocycles. The molecule has 1 atom stereocenters. The van der Waals surface area contributed by atoms with E-state index >= 15 is 0 Å². The Morgan fingerprint density at radius 1 is 1.47 bits per heavy atom. The van der Waals surface area contributed by atoms with Crippen molar-refractivity contribution in [3.63, 3.8) is 0 Å². The van der Waals surface area contributed by atoms with E-state index in [1.54, 1.807) is 0 Å². The molecular formula is C11H14N2OS. The quantitative estimate of drug-likeness (QED) is 0.707. The standard InChI is InChI=1S/C11H14N2OS/c1-12-11(15)13-9-6-7-14-10-5-3-2-4-8(9)10/h2-5,9H,6-7H2,1H3,(H2,12,13,15). The maximum absolute atomic E-state index is 5.57. The third kappa shape index (κ3) is 2.21. The van der Waals surface area contributed by atoms with Crippen LogP contribution in [0.4, 0.5) is 0 Å². The predicted octanol–water partition coefficient (Wildman–Crippen LogP) is 1.60. The average molecular weight is 222 g/mol. The summed E-state index contributed by atoms with van der Waals surface area (Å²) in [6.07, 6.45) is 0.943. The number of nitrogens with one attached hydrogen (secondary N) is 2. The van der Waals surface area contributed by atoms with E-state index in [4.69, 9.17) is 17.0 Å². The topological polar surface area (TPSA) is 33.3 Å². The first-order valence-electron chi connectivity index (χ1n) is 5.01. The van der Waals surface area contributed by atoms with Crippen LogP contribution in [-0.2, 0) is 0 Å². The molecule has 0 spiro atoms. The molecule has 1 aromatic carbocycles. The predicted molar refractivity (Wildman–Crippen MR) is 64.1 cm³/mol. The van der Waals surface area contributed by atoms with Crippen molar-refractivity contribution in [3.05, 3.63) is 29.8 Å². The van der Waals surface area contributed by atoms with Crippen molar-refractivity contribution in [3.8, 4) is 5.75 Å². The molecule has 15 heavy (non-hydrogen) atoms. The number of hydrogen-bond donors (Lipinski definition) is 2. The van der Waals surface area contributed by atoms with Gasteiger partial charge in [-0.3, -0.25) is 0 Å². The SMILES string of the molecule is CNC(=S)NC1CCOc2ccccc21. The minimum absolute atomic E-state index is 0.259. The maximum atomic E-state index is 5.57. The Balaban J connectivity index is 2.18. The second kappa shape index (κ2) is 4.49. The highest BCUT2D eigenvalue weighted by Crippen LogP contribution is 2.31. The van der Waals surface area contributed by atoms with Gasteiger partial charge in [-0.1, -0.05) is 18.2 Å². The third-order valence-electron chi connectivity index (χ3n) is 2.49. The first kappa shape index (κ1) is 10.2. The summed E-state index contributed by atoms with van der Waals surface area (Å²) in [4.78, 5) is 0. The van der Waals surface area contributed by atoms with E-state index in [1.807, 2.05) is 25.2 Å². The lowest BCUT2D eigenvalue weighted by Gasteiger charge is -2.27. The smallest absolute Gasteiger partial charge is 0.166 e. The summed E-state index contributed by atoms with van der Waals surface area (Å²) in [5.74, 6) is 0.958. The van der Waals surface area contributed by atoms with E-state index in [-0.39, 0.29) is 6.04 Å². The van der Waals surface area contributed by atoms with Gasteiger partial charge in [-0.2, -0.15) is 0 Å². The zero-order valence-corrected chi connectivity index (χ0v) is 9.43. The van der Waals surface area contributed by atoms with Crippen molar-refractivity contribution in [2.24, 2.45) is 0 Å². The molecule has 1 unspecified atom stereocenters. The summed E-state index contributed by atoms with van der Waals surface area (Å²) in [6.45, 7) is 0.737. The molecule has 0 saturated heterocycles. The summed E-state index contributed by atoms with van der Waals surface area (Å²) in [6, 6.07) is 8.33. The number of hydrogen-bond acceptors (Lipinski definition) is 2. The van der Waals surface area contributed by atoms with E-state index in [0.717, 1.165) is 18.8 Å². The van der Waals surface area contributed by atoms with Crippen LogP contribution in [0.1, 0.15) is 18.0 Å². The van der Waals surface area contributed by atoms with Crippen molar-refractivity contribution >= 4 is 17.3 Å². The van der Waals surface area contributed by atoms with Gasteiger partial charge in [0.05, 0.1) is 12.6 Å². The minimum atomic E-state index is 0.259. The van der Waals surface area contributed by atoms with Gasteiger partial charge in [-0.15, -0.1) is 0 Å². The lowest BCUT2D eigenvalue weighted by Crippen LogP contribution is -2.37. The lowest BCUT2D eigenvalue weighted by molar-refractivity contribution is 0.262. The lowest BCUT2D eigenvalue weighted by atomic mass is 10.0. The van der Waals surface area contributed by atoms with Crippen LogP contribution in [0, 0.1) is 0 Å². The van der Waals surface area contributed by atoms with Crippen molar-refractivity contribution in [2.75, 3.05) is 13.7 Å². The minimum Gasteiger partial charge on any atom is -0.493 e. The Morgan fingerprint density at radius 2 is 2.27 bits per heavy atom. The maximum Gasteiger partial charge on any atom is 0.166 e. The molecule has 4 heteroatoms. The summed E-state index contributed by atoms with van der Waals surface area (Å²) in [5, 5.41) is 6.87. The molecule has 0 fully saturated rings. The molecule has 80 valence electrons. The van der Waals surface area contributed by atoms with Crippen LogP contribution in [0.25, 0.3) is 0 Å². The van der Waals surface area contributed by atoms with E-state index in [0.29, 0.717) is 5.11 Å². The molecule has 2 N–H and O–H groups in total. The van der Waals surface area contributed by atoms with Crippen LogP contribution in [0.2, 0.25) is 0 Å². The van der Waals surface area contributed by atoms with Crippen molar-refractivity contribution < 1.29 is 4.74 Å². The van der Waals surface area contributed by atoms with Crippen LogP contribution in [-0.4, -0.2) is 18.8 Å². The first-order chi connectivity index (χ1) is 7.31. The monoisotopic (exact) mass is 222 g/mol. The fourth-order valence-electron chi connectivity index (χ4n) is 1.72. The average Bonchev–Trinajstić information content (AvgIpc) is 2.29. The number of fused-ring (bicyclic) bond motifs is 1. The number of para-hydroxylation sites is 1. The third-order valence-corrected chi connectivity index (χ3v) is 2.81. The molecule has 2 rings (SSSR count). The number of thiocarbonyl (C=S) groups is 1. The van der Waals surface area contributed by atoms with Crippen molar-refractivity contribution in [1.29, 1.82) is 0 Å². The molecule has 1 aromatic rings. The Labute approximate surface area is 94.8 Å². The summed E-state index contributed by atoms with van der Waals surface area (Å²) in [7, 11) is 1.82. The molecule has 0 saturated carbocycles. The van der Waals surface area contributed by atoms with Crippen LogP contribution in [0.3, 0.4) is 0 Å². The van der Waals surface area contributed by atoms with Crippen molar-refractivity contribution in [2.45, 2.75) is 12.5 Å². The fourth-order valence-corrected chi connectivity index (χ4v) is 1.86. The molecule has 0 aromatic heterocycles. The van der Waals surface area contributed by atoms with Crippen LogP contribution >= 0.6 is 12.2 Å². The Kier molecular flexibility index (Phi) is 3.06. The largest absolute Gasteiger partial charge is 0.493 e. The summed E-state index contributed by atoms with van der Waals surface area (Å²) >= 11 is 5.10. The van der Waals surface area contributed by atoms with Gasteiger partial charge in [0.15, 0.2) is 5.11 Å². The number of rotatable bonds is 1. The van der Waals surface area contributed by atoms with E-state index in [9.17, 15) is 0 Å². The van der Waals surface area contributed by atoms with Gasteiger partial charge in [0.25, 0.3) is 0 Å². The molecule has 0 radical (unpaired) electrons. The highest BCUT2D eigenvalue weighted by molar-refractivity contribution is 7.80. The molecule has 1 aliphatic rings. The van der Waals surface area contributed by atoms with Gasteiger partial charge in [-0.05, 0) is 18.3 Å². The van der Waals surface area contributed by atoms with Crippen LogP contribution in [0.5, 0.6) is 5.75 Å². The Bertz CT molecular complexity index is 367. The summed E-state index contributed by atoms with van der Waals surface area (Å²) in [5.41, 5.74) is 1.18. The van der Waals surface area contributed by atoms with E-state index in [1.165, 1.54) is 5.56 Å². The highest BCUT2D eigenvalue weighted by Gasteiger charge is 2.20. The van der Waals surface area contributed by atoms with Gasteiger partial charge >= 0.3 is 0 Å².